The monoisotopic (exact) mass is 310 g/mol. The minimum Gasteiger partial charge on any atom is -0.339 e. The SMILES string of the molecule is O=C(C1Cc2ccccc2S1)N1CCN(CCCl)CC1. The van der Waals surface area contributed by atoms with Crippen molar-refractivity contribution in [2.45, 2.75) is 16.6 Å². The fourth-order valence-electron chi connectivity index (χ4n) is 2.83. The molecule has 20 heavy (non-hydrogen) atoms. The number of alkyl halides is 1. The highest BCUT2D eigenvalue weighted by molar-refractivity contribution is 8.01. The van der Waals surface area contributed by atoms with E-state index in [0.717, 1.165) is 39.1 Å². The van der Waals surface area contributed by atoms with E-state index in [2.05, 4.69) is 23.1 Å². The molecule has 1 fully saturated rings. The highest BCUT2D eigenvalue weighted by atomic mass is 35.5. The van der Waals surface area contributed by atoms with Crippen molar-refractivity contribution in [3.8, 4) is 0 Å². The van der Waals surface area contributed by atoms with E-state index in [1.807, 2.05) is 11.0 Å². The van der Waals surface area contributed by atoms with Crippen molar-refractivity contribution in [1.29, 1.82) is 0 Å². The van der Waals surface area contributed by atoms with E-state index in [1.54, 1.807) is 11.8 Å². The van der Waals surface area contributed by atoms with Gasteiger partial charge in [0, 0.05) is 43.5 Å². The molecule has 2 heterocycles. The van der Waals surface area contributed by atoms with Gasteiger partial charge in [-0.2, -0.15) is 0 Å². The predicted octanol–water partition coefficient (Wildman–Crippen LogP) is 2.09. The smallest absolute Gasteiger partial charge is 0.236 e. The molecule has 1 amide bonds. The van der Waals surface area contributed by atoms with Gasteiger partial charge >= 0.3 is 0 Å². The van der Waals surface area contributed by atoms with Gasteiger partial charge in [-0.3, -0.25) is 9.69 Å². The summed E-state index contributed by atoms with van der Waals surface area (Å²) >= 11 is 7.49. The Labute approximate surface area is 129 Å². The number of piperazine rings is 1. The first-order valence-corrected chi connectivity index (χ1v) is 8.51. The molecule has 0 radical (unpaired) electrons. The number of benzene rings is 1. The Balaban J connectivity index is 1.56. The van der Waals surface area contributed by atoms with Gasteiger partial charge in [-0.05, 0) is 18.1 Å². The summed E-state index contributed by atoms with van der Waals surface area (Å²) in [6, 6.07) is 8.35. The number of halogens is 1. The third kappa shape index (κ3) is 2.97. The Morgan fingerprint density at radius 3 is 2.70 bits per heavy atom. The van der Waals surface area contributed by atoms with Crippen molar-refractivity contribution in [2.75, 3.05) is 38.6 Å². The Hall–Kier alpha value is -0.710. The van der Waals surface area contributed by atoms with Crippen molar-refractivity contribution in [1.82, 2.24) is 9.80 Å². The molecule has 2 aliphatic rings. The zero-order valence-electron chi connectivity index (χ0n) is 11.4. The summed E-state index contributed by atoms with van der Waals surface area (Å²) in [6.45, 7) is 4.49. The average molecular weight is 311 g/mol. The van der Waals surface area contributed by atoms with Gasteiger partial charge < -0.3 is 4.90 Å². The van der Waals surface area contributed by atoms with Crippen LogP contribution >= 0.6 is 23.4 Å². The first-order valence-electron chi connectivity index (χ1n) is 7.09. The van der Waals surface area contributed by atoms with Gasteiger partial charge in [-0.15, -0.1) is 23.4 Å². The highest BCUT2D eigenvalue weighted by Crippen LogP contribution is 2.37. The van der Waals surface area contributed by atoms with Crippen LogP contribution in [-0.4, -0.2) is 59.6 Å². The molecule has 1 unspecified atom stereocenters. The van der Waals surface area contributed by atoms with Gasteiger partial charge in [0.25, 0.3) is 0 Å². The normalized spacial score (nSPS) is 22.9. The first kappa shape index (κ1) is 14.2. The van der Waals surface area contributed by atoms with E-state index in [0.29, 0.717) is 11.8 Å². The quantitative estimate of drug-likeness (QED) is 0.799. The summed E-state index contributed by atoms with van der Waals surface area (Å²) in [5.74, 6) is 0.971. The van der Waals surface area contributed by atoms with Crippen molar-refractivity contribution in [3.63, 3.8) is 0 Å². The van der Waals surface area contributed by atoms with Crippen LogP contribution in [0.1, 0.15) is 5.56 Å². The van der Waals surface area contributed by atoms with E-state index >= 15 is 0 Å². The number of amides is 1. The van der Waals surface area contributed by atoms with E-state index in [9.17, 15) is 4.79 Å². The molecule has 108 valence electrons. The first-order chi connectivity index (χ1) is 9.78. The lowest BCUT2D eigenvalue weighted by Crippen LogP contribution is -2.51. The second-order valence-electron chi connectivity index (χ2n) is 5.27. The van der Waals surface area contributed by atoms with Crippen LogP contribution in [0.15, 0.2) is 29.2 Å². The van der Waals surface area contributed by atoms with Crippen molar-refractivity contribution in [3.05, 3.63) is 29.8 Å². The summed E-state index contributed by atoms with van der Waals surface area (Å²) in [6.07, 6.45) is 0.877. The molecule has 1 atom stereocenters. The van der Waals surface area contributed by atoms with E-state index in [4.69, 9.17) is 11.6 Å². The van der Waals surface area contributed by atoms with Crippen LogP contribution in [0.5, 0.6) is 0 Å². The third-order valence-electron chi connectivity index (χ3n) is 4.01. The molecule has 0 aromatic heterocycles. The molecule has 1 saturated heterocycles. The fraction of sp³-hybridized carbons (Fsp3) is 0.533. The maximum Gasteiger partial charge on any atom is 0.236 e. The standard InChI is InChI=1S/C15H19ClN2OS/c16-5-6-17-7-9-18(10-8-17)15(19)14-11-12-3-1-2-4-13(12)20-14/h1-4,14H,5-11H2. The summed E-state index contributed by atoms with van der Waals surface area (Å²) < 4.78 is 0. The number of carbonyl (C=O) groups excluding carboxylic acids is 1. The minimum atomic E-state index is 0.0759. The zero-order chi connectivity index (χ0) is 13.9. The lowest BCUT2D eigenvalue weighted by molar-refractivity contribution is -0.132. The van der Waals surface area contributed by atoms with Gasteiger partial charge in [0.15, 0.2) is 0 Å². The van der Waals surface area contributed by atoms with Crippen molar-refractivity contribution in [2.24, 2.45) is 0 Å². The molecule has 0 N–H and O–H groups in total. The molecular formula is C15H19ClN2OS. The van der Waals surface area contributed by atoms with Crippen LogP contribution in [0.2, 0.25) is 0 Å². The van der Waals surface area contributed by atoms with Gasteiger partial charge in [-0.25, -0.2) is 0 Å². The summed E-state index contributed by atoms with van der Waals surface area (Å²) in [5.41, 5.74) is 1.32. The molecule has 5 heteroatoms. The highest BCUT2D eigenvalue weighted by Gasteiger charge is 2.32. The minimum absolute atomic E-state index is 0.0759. The lowest BCUT2D eigenvalue weighted by Gasteiger charge is -2.35. The van der Waals surface area contributed by atoms with Crippen molar-refractivity contribution >= 4 is 29.3 Å². The number of hydrogen-bond donors (Lipinski definition) is 0. The molecule has 0 saturated carbocycles. The number of fused-ring (bicyclic) bond motifs is 1. The molecule has 1 aromatic carbocycles. The summed E-state index contributed by atoms with van der Waals surface area (Å²) in [4.78, 5) is 18.2. The van der Waals surface area contributed by atoms with Gasteiger partial charge in [-0.1, -0.05) is 18.2 Å². The third-order valence-corrected chi connectivity index (χ3v) is 5.48. The summed E-state index contributed by atoms with van der Waals surface area (Å²) in [7, 11) is 0. The Morgan fingerprint density at radius 1 is 1.25 bits per heavy atom. The Kier molecular flexibility index (Phi) is 4.54. The molecule has 0 spiro atoms. The number of carbonyl (C=O) groups is 1. The van der Waals surface area contributed by atoms with Crippen LogP contribution in [-0.2, 0) is 11.2 Å². The van der Waals surface area contributed by atoms with E-state index in [1.165, 1.54) is 10.5 Å². The van der Waals surface area contributed by atoms with Gasteiger partial charge in [0.2, 0.25) is 5.91 Å². The second-order valence-corrected chi connectivity index (χ2v) is 6.90. The molecule has 0 aliphatic carbocycles. The van der Waals surface area contributed by atoms with Crippen molar-refractivity contribution < 1.29 is 4.79 Å². The molecular weight excluding hydrogens is 292 g/mol. The van der Waals surface area contributed by atoms with Crippen LogP contribution in [0.4, 0.5) is 0 Å². The number of hydrogen-bond acceptors (Lipinski definition) is 3. The number of rotatable bonds is 3. The second kappa shape index (κ2) is 6.37. The lowest BCUT2D eigenvalue weighted by atomic mass is 10.1. The maximum absolute atomic E-state index is 12.6. The predicted molar refractivity (Wildman–Crippen MR) is 83.5 cm³/mol. The number of nitrogens with zero attached hydrogens (tertiary/aromatic N) is 2. The van der Waals surface area contributed by atoms with Gasteiger partial charge in [0.1, 0.15) is 0 Å². The average Bonchev–Trinajstić information content (AvgIpc) is 2.91. The maximum atomic E-state index is 12.6. The molecule has 2 aliphatic heterocycles. The van der Waals surface area contributed by atoms with E-state index < -0.39 is 0 Å². The van der Waals surface area contributed by atoms with Crippen LogP contribution < -0.4 is 0 Å². The van der Waals surface area contributed by atoms with Gasteiger partial charge in [0.05, 0.1) is 5.25 Å². The van der Waals surface area contributed by atoms with E-state index in [-0.39, 0.29) is 5.25 Å². The Morgan fingerprint density at radius 2 is 2.00 bits per heavy atom. The number of thioether (sulfide) groups is 1. The summed E-state index contributed by atoms with van der Waals surface area (Å²) in [5, 5.41) is 0.0759. The molecule has 1 aromatic rings. The van der Waals surface area contributed by atoms with Crippen LogP contribution in [0.3, 0.4) is 0 Å². The zero-order valence-corrected chi connectivity index (χ0v) is 13.0. The largest absolute Gasteiger partial charge is 0.339 e. The van der Waals surface area contributed by atoms with Crippen LogP contribution in [0, 0.1) is 0 Å². The molecule has 0 bridgehead atoms. The Bertz CT molecular complexity index is 464. The topological polar surface area (TPSA) is 23.6 Å². The molecule has 3 rings (SSSR count). The molecule has 3 nitrogen and oxygen atoms in total. The van der Waals surface area contributed by atoms with Crippen LogP contribution in [0.25, 0.3) is 0 Å². The fourth-order valence-corrected chi connectivity index (χ4v) is 4.35.